The summed E-state index contributed by atoms with van der Waals surface area (Å²) in [6, 6.07) is 10.2. The lowest BCUT2D eigenvalue weighted by molar-refractivity contribution is 0.941. The number of aromatic nitrogens is 2. The van der Waals surface area contributed by atoms with Gasteiger partial charge in [0.15, 0.2) is 4.96 Å². The molecule has 2 aromatic heterocycles. The monoisotopic (exact) mass is 257 g/mol. The van der Waals surface area contributed by atoms with Gasteiger partial charge in [0.2, 0.25) is 0 Å². The van der Waals surface area contributed by atoms with E-state index in [1.54, 1.807) is 11.3 Å². The Morgan fingerprint density at radius 1 is 1.22 bits per heavy atom. The average molecular weight is 257 g/mol. The van der Waals surface area contributed by atoms with Gasteiger partial charge in [-0.05, 0) is 13.8 Å². The molecule has 2 N–H and O–H groups in total. The van der Waals surface area contributed by atoms with E-state index in [0.717, 1.165) is 21.9 Å². The second kappa shape index (κ2) is 4.23. The summed E-state index contributed by atoms with van der Waals surface area (Å²) >= 11 is 1.72. The molecular weight excluding hydrogens is 242 g/mol. The van der Waals surface area contributed by atoms with Gasteiger partial charge < -0.3 is 5.73 Å². The highest BCUT2D eigenvalue weighted by Crippen LogP contribution is 2.30. The van der Waals surface area contributed by atoms with Crippen LogP contribution in [0.2, 0.25) is 0 Å². The van der Waals surface area contributed by atoms with Crippen molar-refractivity contribution in [1.82, 2.24) is 9.38 Å². The van der Waals surface area contributed by atoms with E-state index < -0.39 is 0 Å². The zero-order valence-corrected chi connectivity index (χ0v) is 11.3. The molecule has 0 saturated carbocycles. The Morgan fingerprint density at radius 3 is 2.61 bits per heavy atom. The van der Waals surface area contributed by atoms with Crippen LogP contribution < -0.4 is 5.73 Å². The van der Waals surface area contributed by atoms with Crippen molar-refractivity contribution in [3.8, 4) is 11.3 Å². The third-order valence-electron chi connectivity index (χ3n) is 3.27. The molecule has 18 heavy (non-hydrogen) atoms. The Morgan fingerprint density at radius 2 is 1.94 bits per heavy atom. The molecule has 0 radical (unpaired) electrons. The molecule has 92 valence electrons. The van der Waals surface area contributed by atoms with Crippen LogP contribution in [0.1, 0.15) is 16.3 Å². The standard InChI is InChI=1S/C14H15N3S/c1-9-10(2)18-14-16-13(12(8-15)17(9)14)11-6-4-3-5-7-11/h3-7H,8,15H2,1-2H3. The van der Waals surface area contributed by atoms with Gasteiger partial charge in [0.05, 0.1) is 11.4 Å². The van der Waals surface area contributed by atoms with Gasteiger partial charge in [0.25, 0.3) is 0 Å². The van der Waals surface area contributed by atoms with E-state index in [4.69, 9.17) is 10.7 Å². The summed E-state index contributed by atoms with van der Waals surface area (Å²) in [6.45, 7) is 4.74. The Bertz CT molecular complexity index is 695. The molecule has 3 aromatic rings. The van der Waals surface area contributed by atoms with Crippen LogP contribution in [-0.2, 0) is 6.54 Å². The number of thiazole rings is 1. The Kier molecular flexibility index (Phi) is 2.69. The van der Waals surface area contributed by atoms with Crippen molar-refractivity contribution in [2.75, 3.05) is 0 Å². The van der Waals surface area contributed by atoms with Gasteiger partial charge in [0.1, 0.15) is 0 Å². The van der Waals surface area contributed by atoms with Crippen molar-refractivity contribution in [3.63, 3.8) is 0 Å². The third kappa shape index (κ3) is 1.57. The van der Waals surface area contributed by atoms with E-state index in [1.165, 1.54) is 10.6 Å². The highest BCUT2D eigenvalue weighted by Gasteiger charge is 2.16. The van der Waals surface area contributed by atoms with Gasteiger partial charge in [-0.25, -0.2) is 4.98 Å². The summed E-state index contributed by atoms with van der Waals surface area (Å²) in [7, 11) is 0. The van der Waals surface area contributed by atoms with Gasteiger partial charge in [-0.15, -0.1) is 11.3 Å². The molecule has 0 amide bonds. The zero-order valence-electron chi connectivity index (χ0n) is 10.5. The predicted molar refractivity (Wildman–Crippen MR) is 75.9 cm³/mol. The molecule has 0 unspecified atom stereocenters. The molecule has 1 aromatic carbocycles. The van der Waals surface area contributed by atoms with Crippen LogP contribution in [-0.4, -0.2) is 9.38 Å². The fourth-order valence-electron chi connectivity index (χ4n) is 2.23. The molecular formula is C14H15N3S. The molecule has 3 rings (SSSR count). The largest absolute Gasteiger partial charge is 0.325 e. The highest BCUT2D eigenvalue weighted by molar-refractivity contribution is 7.17. The van der Waals surface area contributed by atoms with E-state index in [1.807, 2.05) is 18.2 Å². The number of hydrogen-bond donors (Lipinski definition) is 1. The molecule has 0 aliphatic heterocycles. The predicted octanol–water partition coefficient (Wildman–Crippen LogP) is 3.14. The summed E-state index contributed by atoms with van der Waals surface area (Å²) in [5.41, 5.74) is 10.4. The quantitative estimate of drug-likeness (QED) is 0.766. The summed E-state index contributed by atoms with van der Waals surface area (Å²) < 4.78 is 2.18. The summed E-state index contributed by atoms with van der Waals surface area (Å²) in [6.07, 6.45) is 0. The number of aryl methyl sites for hydroxylation is 2. The normalized spacial score (nSPS) is 11.3. The molecule has 0 fully saturated rings. The molecule has 3 nitrogen and oxygen atoms in total. The molecule has 0 aliphatic carbocycles. The first-order valence-corrected chi connectivity index (χ1v) is 6.77. The minimum atomic E-state index is 0.502. The molecule has 0 aliphatic rings. The fraction of sp³-hybridized carbons (Fsp3) is 0.214. The number of imidazole rings is 1. The highest BCUT2D eigenvalue weighted by atomic mass is 32.1. The second-order valence-electron chi connectivity index (χ2n) is 4.34. The molecule has 0 bridgehead atoms. The van der Waals surface area contributed by atoms with Gasteiger partial charge in [0, 0.05) is 22.7 Å². The summed E-state index contributed by atoms with van der Waals surface area (Å²) in [5, 5.41) is 0. The Hall–Kier alpha value is -1.65. The van der Waals surface area contributed by atoms with E-state index in [0.29, 0.717) is 6.54 Å². The second-order valence-corrected chi connectivity index (χ2v) is 5.52. The van der Waals surface area contributed by atoms with Crippen molar-refractivity contribution in [2.24, 2.45) is 5.73 Å². The molecule has 0 atom stereocenters. The number of nitrogens with two attached hydrogens (primary N) is 1. The fourth-order valence-corrected chi connectivity index (χ4v) is 3.22. The van der Waals surface area contributed by atoms with Crippen molar-refractivity contribution < 1.29 is 0 Å². The minimum Gasteiger partial charge on any atom is -0.325 e. The topological polar surface area (TPSA) is 43.3 Å². The van der Waals surface area contributed by atoms with Gasteiger partial charge in [-0.1, -0.05) is 30.3 Å². The number of nitrogens with zero attached hydrogens (tertiary/aromatic N) is 2. The lowest BCUT2D eigenvalue weighted by Gasteiger charge is -2.03. The number of fused-ring (bicyclic) bond motifs is 1. The summed E-state index contributed by atoms with van der Waals surface area (Å²) in [5.74, 6) is 0. The number of benzene rings is 1. The molecule has 2 heterocycles. The maximum absolute atomic E-state index is 5.92. The lowest BCUT2D eigenvalue weighted by atomic mass is 10.1. The number of rotatable bonds is 2. The average Bonchev–Trinajstić information content (AvgIpc) is 2.88. The first-order valence-electron chi connectivity index (χ1n) is 5.95. The van der Waals surface area contributed by atoms with E-state index in [2.05, 4.69) is 30.4 Å². The molecule has 4 heteroatoms. The smallest absolute Gasteiger partial charge is 0.194 e. The first-order chi connectivity index (χ1) is 8.72. The van der Waals surface area contributed by atoms with Crippen LogP contribution in [0.3, 0.4) is 0 Å². The Balaban J connectivity index is 2.31. The van der Waals surface area contributed by atoms with Crippen LogP contribution in [0, 0.1) is 13.8 Å². The molecule has 0 spiro atoms. The van der Waals surface area contributed by atoms with Crippen molar-refractivity contribution >= 4 is 16.3 Å². The number of hydrogen-bond acceptors (Lipinski definition) is 3. The maximum Gasteiger partial charge on any atom is 0.194 e. The van der Waals surface area contributed by atoms with E-state index in [9.17, 15) is 0 Å². The van der Waals surface area contributed by atoms with Crippen LogP contribution in [0.25, 0.3) is 16.2 Å². The van der Waals surface area contributed by atoms with Crippen LogP contribution in [0.5, 0.6) is 0 Å². The van der Waals surface area contributed by atoms with Gasteiger partial charge in [-0.2, -0.15) is 0 Å². The van der Waals surface area contributed by atoms with Crippen molar-refractivity contribution in [3.05, 3.63) is 46.6 Å². The zero-order chi connectivity index (χ0) is 12.7. The lowest BCUT2D eigenvalue weighted by Crippen LogP contribution is -2.03. The maximum atomic E-state index is 5.92. The van der Waals surface area contributed by atoms with Crippen LogP contribution in [0.4, 0.5) is 0 Å². The first kappa shape index (κ1) is 11.4. The van der Waals surface area contributed by atoms with Gasteiger partial charge in [-0.3, -0.25) is 4.40 Å². The third-order valence-corrected chi connectivity index (χ3v) is 4.33. The SMILES string of the molecule is Cc1sc2nc(-c3ccccc3)c(CN)n2c1C. The van der Waals surface area contributed by atoms with Crippen molar-refractivity contribution in [2.45, 2.75) is 20.4 Å². The van der Waals surface area contributed by atoms with Crippen LogP contribution >= 0.6 is 11.3 Å². The summed E-state index contributed by atoms with van der Waals surface area (Å²) in [4.78, 5) is 7.07. The van der Waals surface area contributed by atoms with Crippen LogP contribution in [0.15, 0.2) is 30.3 Å². The van der Waals surface area contributed by atoms with Crippen molar-refractivity contribution in [1.29, 1.82) is 0 Å². The van der Waals surface area contributed by atoms with E-state index >= 15 is 0 Å². The molecule has 0 saturated heterocycles. The van der Waals surface area contributed by atoms with E-state index in [-0.39, 0.29) is 0 Å². The minimum absolute atomic E-state index is 0.502. The van der Waals surface area contributed by atoms with Gasteiger partial charge >= 0.3 is 0 Å². The Labute approximate surface area is 110 Å².